The molecule has 0 saturated carbocycles. The molecule has 0 radical (unpaired) electrons. The Hall–Kier alpha value is -2.82. The standard InChI is InChI=1S/C19H20O5/c1-3-22-19(21)14(2)24-18-10-5-4-8-16(18)13-23-17-9-6-7-15(11-17)12-20/h4-12,14H,3,13H2,1-2H3. The lowest BCUT2D eigenvalue weighted by atomic mass is 10.2. The molecule has 0 aromatic heterocycles. The Morgan fingerprint density at radius 1 is 1.17 bits per heavy atom. The van der Waals surface area contributed by atoms with Crippen LogP contribution in [0, 0.1) is 0 Å². The van der Waals surface area contributed by atoms with Crippen molar-refractivity contribution in [2.75, 3.05) is 6.61 Å². The number of hydrogen-bond acceptors (Lipinski definition) is 5. The molecule has 1 atom stereocenters. The minimum absolute atomic E-state index is 0.258. The van der Waals surface area contributed by atoms with E-state index in [0.717, 1.165) is 11.8 Å². The number of benzene rings is 2. The SMILES string of the molecule is CCOC(=O)C(C)Oc1ccccc1COc1cccc(C=O)c1. The molecule has 2 aromatic carbocycles. The third-order valence-electron chi connectivity index (χ3n) is 3.28. The Bertz CT molecular complexity index is 696. The summed E-state index contributed by atoms with van der Waals surface area (Å²) in [5.41, 5.74) is 1.35. The van der Waals surface area contributed by atoms with Gasteiger partial charge in [0, 0.05) is 11.1 Å². The third kappa shape index (κ3) is 4.84. The molecule has 0 heterocycles. The second kappa shape index (κ2) is 8.72. The van der Waals surface area contributed by atoms with Crippen LogP contribution in [0.25, 0.3) is 0 Å². The van der Waals surface area contributed by atoms with Crippen LogP contribution < -0.4 is 9.47 Å². The second-order valence-corrected chi connectivity index (χ2v) is 5.10. The van der Waals surface area contributed by atoms with E-state index < -0.39 is 12.1 Å². The highest BCUT2D eigenvalue weighted by Gasteiger charge is 2.17. The van der Waals surface area contributed by atoms with Crippen LogP contribution in [0.15, 0.2) is 48.5 Å². The first-order chi connectivity index (χ1) is 11.6. The normalized spacial score (nSPS) is 11.4. The van der Waals surface area contributed by atoms with Crippen molar-refractivity contribution in [1.29, 1.82) is 0 Å². The highest BCUT2D eigenvalue weighted by Crippen LogP contribution is 2.22. The maximum atomic E-state index is 11.7. The van der Waals surface area contributed by atoms with Gasteiger partial charge in [0.15, 0.2) is 6.10 Å². The number of aldehydes is 1. The summed E-state index contributed by atoms with van der Waals surface area (Å²) in [7, 11) is 0. The fourth-order valence-corrected chi connectivity index (χ4v) is 2.07. The number of ether oxygens (including phenoxy) is 3. The number of rotatable bonds is 8. The Morgan fingerprint density at radius 3 is 2.71 bits per heavy atom. The molecule has 0 bridgehead atoms. The lowest BCUT2D eigenvalue weighted by molar-refractivity contribution is -0.150. The first-order valence-corrected chi connectivity index (χ1v) is 7.73. The molecule has 2 rings (SSSR count). The summed E-state index contributed by atoms with van der Waals surface area (Å²) < 4.78 is 16.3. The predicted molar refractivity (Wildman–Crippen MR) is 89.3 cm³/mol. The van der Waals surface area contributed by atoms with Crippen LogP contribution >= 0.6 is 0 Å². The number of hydrogen-bond donors (Lipinski definition) is 0. The van der Waals surface area contributed by atoms with Crippen molar-refractivity contribution >= 4 is 12.3 Å². The van der Waals surface area contributed by atoms with Gasteiger partial charge in [0.2, 0.25) is 0 Å². The average Bonchev–Trinajstić information content (AvgIpc) is 2.61. The van der Waals surface area contributed by atoms with Crippen LogP contribution in [0.2, 0.25) is 0 Å². The number of para-hydroxylation sites is 1. The van der Waals surface area contributed by atoms with Gasteiger partial charge in [-0.25, -0.2) is 4.79 Å². The van der Waals surface area contributed by atoms with E-state index in [1.807, 2.05) is 18.2 Å². The van der Waals surface area contributed by atoms with Crippen molar-refractivity contribution in [3.05, 3.63) is 59.7 Å². The van der Waals surface area contributed by atoms with E-state index in [0.29, 0.717) is 23.7 Å². The van der Waals surface area contributed by atoms with Gasteiger partial charge in [-0.3, -0.25) is 4.79 Å². The van der Waals surface area contributed by atoms with E-state index >= 15 is 0 Å². The molecule has 5 nitrogen and oxygen atoms in total. The summed E-state index contributed by atoms with van der Waals surface area (Å²) in [5.74, 6) is 0.740. The summed E-state index contributed by atoms with van der Waals surface area (Å²) in [4.78, 5) is 22.5. The Kier molecular flexibility index (Phi) is 6.37. The van der Waals surface area contributed by atoms with Crippen molar-refractivity contribution < 1.29 is 23.8 Å². The summed E-state index contributed by atoms with van der Waals surface area (Å²) in [5, 5.41) is 0. The average molecular weight is 328 g/mol. The maximum absolute atomic E-state index is 11.7. The third-order valence-corrected chi connectivity index (χ3v) is 3.28. The number of carbonyl (C=O) groups is 2. The zero-order valence-corrected chi connectivity index (χ0v) is 13.7. The second-order valence-electron chi connectivity index (χ2n) is 5.10. The van der Waals surface area contributed by atoms with E-state index in [2.05, 4.69) is 0 Å². The summed E-state index contributed by atoms with van der Waals surface area (Å²) in [6.45, 7) is 3.96. The fourth-order valence-electron chi connectivity index (χ4n) is 2.07. The van der Waals surface area contributed by atoms with E-state index in [4.69, 9.17) is 14.2 Å². The van der Waals surface area contributed by atoms with Gasteiger partial charge in [-0.2, -0.15) is 0 Å². The first kappa shape index (κ1) is 17.5. The van der Waals surface area contributed by atoms with Gasteiger partial charge in [0.1, 0.15) is 24.4 Å². The van der Waals surface area contributed by atoms with Gasteiger partial charge in [-0.15, -0.1) is 0 Å². The smallest absolute Gasteiger partial charge is 0.347 e. The first-order valence-electron chi connectivity index (χ1n) is 7.73. The highest BCUT2D eigenvalue weighted by molar-refractivity contribution is 5.75. The quantitative estimate of drug-likeness (QED) is 0.549. The zero-order chi connectivity index (χ0) is 17.4. The van der Waals surface area contributed by atoms with Gasteiger partial charge in [-0.1, -0.05) is 30.3 Å². The minimum atomic E-state index is -0.704. The predicted octanol–water partition coefficient (Wildman–Crippen LogP) is 3.41. The largest absolute Gasteiger partial charge is 0.489 e. The molecule has 5 heteroatoms. The highest BCUT2D eigenvalue weighted by atomic mass is 16.6. The molecule has 0 amide bonds. The molecule has 126 valence electrons. The maximum Gasteiger partial charge on any atom is 0.347 e. The van der Waals surface area contributed by atoms with Crippen LogP contribution in [0.5, 0.6) is 11.5 Å². The topological polar surface area (TPSA) is 61.8 Å². The Morgan fingerprint density at radius 2 is 1.96 bits per heavy atom. The van der Waals surface area contributed by atoms with Gasteiger partial charge in [0.05, 0.1) is 6.61 Å². The zero-order valence-electron chi connectivity index (χ0n) is 13.7. The lowest BCUT2D eigenvalue weighted by Gasteiger charge is -2.16. The van der Waals surface area contributed by atoms with Gasteiger partial charge < -0.3 is 14.2 Å². The van der Waals surface area contributed by atoms with Crippen LogP contribution in [-0.4, -0.2) is 25.0 Å². The number of carbonyl (C=O) groups excluding carboxylic acids is 2. The molecule has 0 fully saturated rings. The molecule has 0 spiro atoms. The monoisotopic (exact) mass is 328 g/mol. The van der Waals surface area contributed by atoms with Crippen molar-refractivity contribution in [1.82, 2.24) is 0 Å². The fraction of sp³-hybridized carbons (Fsp3) is 0.263. The summed E-state index contributed by atoms with van der Waals surface area (Å²) >= 11 is 0. The molecule has 24 heavy (non-hydrogen) atoms. The summed E-state index contributed by atoms with van der Waals surface area (Å²) in [6, 6.07) is 14.2. The van der Waals surface area contributed by atoms with Crippen molar-refractivity contribution in [2.24, 2.45) is 0 Å². The molecule has 0 aliphatic rings. The number of esters is 1. The molecule has 0 N–H and O–H groups in total. The van der Waals surface area contributed by atoms with Crippen LogP contribution in [-0.2, 0) is 16.1 Å². The van der Waals surface area contributed by atoms with E-state index in [1.54, 1.807) is 44.2 Å². The van der Waals surface area contributed by atoms with E-state index in [1.165, 1.54) is 0 Å². The van der Waals surface area contributed by atoms with Crippen LogP contribution in [0.3, 0.4) is 0 Å². The molecule has 0 aliphatic heterocycles. The molecule has 0 aliphatic carbocycles. The van der Waals surface area contributed by atoms with Crippen LogP contribution in [0.4, 0.5) is 0 Å². The molecule has 2 aromatic rings. The molecular weight excluding hydrogens is 308 g/mol. The summed E-state index contributed by atoms with van der Waals surface area (Å²) in [6.07, 6.45) is 0.0646. The Balaban J connectivity index is 2.05. The van der Waals surface area contributed by atoms with Crippen LogP contribution in [0.1, 0.15) is 29.8 Å². The van der Waals surface area contributed by atoms with Crippen molar-refractivity contribution in [3.8, 4) is 11.5 Å². The minimum Gasteiger partial charge on any atom is -0.489 e. The Labute approximate surface area is 141 Å². The lowest BCUT2D eigenvalue weighted by Crippen LogP contribution is -2.26. The van der Waals surface area contributed by atoms with Crippen molar-refractivity contribution in [2.45, 2.75) is 26.6 Å². The van der Waals surface area contributed by atoms with E-state index in [-0.39, 0.29) is 6.61 Å². The molecule has 0 saturated heterocycles. The van der Waals surface area contributed by atoms with E-state index in [9.17, 15) is 9.59 Å². The van der Waals surface area contributed by atoms with Crippen molar-refractivity contribution in [3.63, 3.8) is 0 Å². The molecule has 1 unspecified atom stereocenters. The van der Waals surface area contributed by atoms with Gasteiger partial charge in [0.25, 0.3) is 0 Å². The van der Waals surface area contributed by atoms with Gasteiger partial charge >= 0.3 is 5.97 Å². The van der Waals surface area contributed by atoms with Gasteiger partial charge in [-0.05, 0) is 32.0 Å². The molecular formula is C19H20O5.